The highest BCUT2D eigenvalue weighted by molar-refractivity contribution is 6.05. The number of amides is 3. The van der Waals surface area contributed by atoms with Crippen LogP contribution in [0.1, 0.15) is 19.3 Å². The van der Waals surface area contributed by atoms with Gasteiger partial charge in [0.25, 0.3) is 5.91 Å². The second-order valence-corrected chi connectivity index (χ2v) is 3.18. The molecule has 0 N–H and O–H groups in total. The van der Waals surface area contributed by atoms with Crippen molar-refractivity contribution in [1.29, 1.82) is 0 Å². The van der Waals surface area contributed by atoms with E-state index in [1.54, 1.807) is 0 Å². The minimum Gasteiger partial charge on any atom is -0.274 e. The summed E-state index contributed by atoms with van der Waals surface area (Å²) in [7, 11) is 0. The highest BCUT2D eigenvalue weighted by Crippen LogP contribution is 2.19. The molecule has 0 bridgehead atoms. The van der Waals surface area contributed by atoms with Crippen molar-refractivity contribution in [1.82, 2.24) is 10.2 Å². The molecule has 0 aromatic carbocycles. The van der Waals surface area contributed by atoms with Gasteiger partial charge in [-0.05, 0) is 6.42 Å². The quantitative estimate of drug-likeness (QED) is 0.489. The molecule has 1 atom stereocenters. The van der Waals surface area contributed by atoms with Crippen molar-refractivity contribution in [2.24, 2.45) is 0 Å². The number of carbonyl (C=O) groups is 3. The summed E-state index contributed by atoms with van der Waals surface area (Å²) >= 11 is 0. The van der Waals surface area contributed by atoms with E-state index in [9.17, 15) is 14.4 Å². The summed E-state index contributed by atoms with van der Waals surface area (Å²) in [4.78, 5) is 34.7. The van der Waals surface area contributed by atoms with Gasteiger partial charge in [-0.3, -0.25) is 19.3 Å². The molecule has 0 spiro atoms. The second kappa shape index (κ2) is 2.83. The summed E-state index contributed by atoms with van der Waals surface area (Å²) in [6, 6.07) is -0.595. The fourth-order valence-electron chi connectivity index (χ4n) is 1.71. The Balaban J connectivity index is 2.19. The Bertz CT molecular complexity index is 271. The summed E-state index contributed by atoms with van der Waals surface area (Å²) < 4.78 is 0. The first-order valence-corrected chi connectivity index (χ1v) is 4.26. The molecule has 2 fully saturated rings. The SMILES string of the molecule is O=C1[N]CCC1N1C(=O)CCC1=O. The van der Waals surface area contributed by atoms with Crippen LogP contribution in [-0.2, 0) is 14.4 Å². The molecule has 13 heavy (non-hydrogen) atoms. The van der Waals surface area contributed by atoms with Crippen molar-refractivity contribution in [3.8, 4) is 0 Å². The normalized spacial score (nSPS) is 28.5. The third-order valence-corrected chi connectivity index (χ3v) is 2.36. The monoisotopic (exact) mass is 181 g/mol. The highest BCUT2D eigenvalue weighted by atomic mass is 16.2. The Kier molecular flexibility index (Phi) is 1.79. The third kappa shape index (κ3) is 1.20. The van der Waals surface area contributed by atoms with Crippen molar-refractivity contribution in [2.45, 2.75) is 25.3 Å². The Labute approximate surface area is 75.1 Å². The van der Waals surface area contributed by atoms with Crippen molar-refractivity contribution < 1.29 is 14.4 Å². The van der Waals surface area contributed by atoms with E-state index >= 15 is 0 Å². The van der Waals surface area contributed by atoms with Crippen molar-refractivity contribution in [3.05, 3.63) is 0 Å². The molecule has 3 amide bonds. The lowest BCUT2D eigenvalue weighted by Crippen LogP contribution is -2.42. The van der Waals surface area contributed by atoms with E-state index in [1.807, 2.05) is 0 Å². The summed E-state index contributed by atoms with van der Waals surface area (Å²) in [6.45, 7) is 0.431. The Morgan fingerprint density at radius 1 is 1.15 bits per heavy atom. The largest absolute Gasteiger partial charge is 0.274 e. The second-order valence-electron chi connectivity index (χ2n) is 3.18. The molecule has 5 heteroatoms. The van der Waals surface area contributed by atoms with Gasteiger partial charge in [0.2, 0.25) is 11.8 Å². The van der Waals surface area contributed by atoms with Gasteiger partial charge in [-0.15, -0.1) is 0 Å². The van der Waals surface area contributed by atoms with E-state index in [4.69, 9.17) is 0 Å². The van der Waals surface area contributed by atoms with Gasteiger partial charge in [0.15, 0.2) is 0 Å². The molecule has 69 valence electrons. The molecular formula is C8H9N2O3. The summed E-state index contributed by atoms with van der Waals surface area (Å²) in [5.74, 6) is -0.801. The molecule has 2 heterocycles. The first-order chi connectivity index (χ1) is 6.20. The van der Waals surface area contributed by atoms with Gasteiger partial charge in [0.05, 0.1) is 0 Å². The number of hydrogen-bond donors (Lipinski definition) is 0. The van der Waals surface area contributed by atoms with Crippen LogP contribution in [0.2, 0.25) is 0 Å². The predicted molar refractivity (Wildman–Crippen MR) is 41.5 cm³/mol. The van der Waals surface area contributed by atoms with Crippen LogP contribution in [0.5, 0.6) is 0 Å². The number of hydrogen-bond acceptors (Lipinski definition) is 3. The van der Waals surface area contributed by atoms with E-state index < -0.39 is 6.04 Å². The molecule has 1 unspecified atom stereocenters. The van der Waals surface area contributed by atoms with Crippen LogP contribution < -0.4 is 5.32 Å². The van der Waals surface area contributed by atoms with Crippen molar-refractivity contribution in [3.63, 3.8) is 0 Å². The number of likely N-dealkylation sites (tertiary alicyclic amines) is 1. The topological polar surface area (TPSA) is 68.6 Å². The Morgan fingerprint density at radius 2 is 1.77 bits per heavy atom. The van der Waals surface area contributed by atoms with Gasteiger partial charge in [0.1, 0.15) is 6.04 Å². The lowest BCUT2D eigenvalue weighted by Gasteiger charge is -2.18. The number of carbonyl (C=O) groups excluding carboxylic acids is 3. The maximum atomic E-state index is 11.2. The Morgan fingerprint density at radius 3 is 2.23 bits per heavy atom. The molecule has 2 rings (SSSR count). The van der Waals surface area contributed by atoms with Crippen LogP contribution in [0, 0.1) is 0 Å². The van der Waals surface area contributed by atoms with Gasteiger partial charge in [-0.2, -0.15) is 0 Å². The van der Waals surface area contributed by atoms with E-state index in [1.165, 1.54) is 0 Å². The van der Waals surface area contributed by atoms with E-state index in [0.717, 1.165) is 4.90 Å². The first kappa shape index (κ1) is 8.22. The Hall–Kier alpha value is -1.39. The summed E-state index contributed by atoms with van der Waals surface area (Å²) in [5.41, 5.74) is 0. The number of rotatable bonds is 1. The smallest absolute Gasteiger partial charge is 0.264 e. The first-order valence-electron chi connectivity index (χ1n) is 4.26. The van der Waals surface area contributed by atoms with Crippen LogP contribution in [0.25, 0.3) is 0 Å². The molecule has 0 aromatic rings. The van der Waals surface area contributed by atoms with E-state index in [0.29, 0.717) is 13.0 Å². The predicted octanol–water partition coefficient (Wildman–Crippen LogP) is -0.961. The minimum atomic E-state index is -0.595. The summed E-state index contributed by atoms with van der Waals surface area (Å²) in [5, 5.41) is 3.65. The molecule has 1 radical (unpaired) electrons. The number of imide groups is 1. The van der Waals surface area contributed by atoms with E-state index in [2.05, 4.69) is 5.32 Å². The zero-order valence-electron chi connectivity index (χ0n) is 7.02. The van der Waals surface area contributed by atoms with Gasteiger partial charge in [-0.1, -0.05) is 0 Å². The van der Waals surface area contributed by atoms with Gasteiger partial charge >= 0.3 is 0 Å². The molecule has 2 aliphatic rings. The maximum absolute atomic E-state index is 11.2. The zero-order chi connectivity index (χ0) is 9.42. The molecule has 2 aliphatic heterocycles. The van der Waals surface area contributed by atoms with Gasteiger partial charge in [0, 0.05) is 19.4 Å². The van der Waals surface area contributed by atoms with Crippen LogP contribution >= 0.6 is 0 Å². The third-order valence-electron chi connectivity index (χ3n) is 2.36. The fraction of sp³-hybridized carbons (Fsp3) is 0.625. The maximum Gasteiger partial charge on any atom is 0.264 e. The fourth-order valence-corrected chi connectivity index (χ4v) is 1.71. The molecule has 0 saturated carbocycles. The number of nitrogens with zero attached hydrogens (tertiary/aromatic N) is 2. The average molecular weight is 181 g/mol. The van der Waals surface area contributed by atoms with Crippen molar-refractivity contribution in [2.75, 3.05) is 6.54 Å². The molecule has 5 nitrogen and oxygen atoms in total. The van der Waals surface area contributed by atoms with Gasteiger partial charge < -0.3 is 0 Å². The van der Waals surface area contributed by atoms with E-state index in [-0.39, 0.29) is 30.6 Å². The minimum absolute atomic E-state index is 0.236. The molecular weight excluding hydrogens is 172 g/mol. The lowest BCUT2D eigenvalue weighted by molar-refractivity contribution is -0.145. The van der Waals surface area contributed by atoms with Gasteiger partial charge in [-0.25, -0.2) is 5.32 Å². The van der Waals surface area contributed by atoms with Crippen LogP contribution in [0.3, 0.4) is 0 Å². The molecule has 0 aromatic heterocycles. The lowest BCUT2D eigenvalue weighted by atomic mass is 10.2. The van der Waals surface area contributed by atoms with Crippen LogP contribution in [0.15, 0.2) is 0 Å². The zero-order valence-corrected chi connectivity index (χ0v) is 7.02. The average Bonchev–Trinajstić information content (AvgIpc) is 2.60. The molecule has 2 saturated heterocycles. The molecule has 0 aliphatic carbocycles. The van der Waals surface area contributed by atoms with Crippen molar-refractivity contribution >= 4 is 17.7 Å². The standard InChI is InChI=1S/C8H9N2O3/c11-6-1-2-7(12)10(6)5-3-4-9-8(5)13/h5H,1-4H2. The van der Waals surface area contributed by atoms with Crippen LogP contribution in [0.4, 0.5) is 0 Å². The highest BCUT2D eigenvalue weighted by Gasteiger charge is 2.41. The summed E-state index contributed by atoms with van der Waals surface area (Å²) in [6.07, 6.45) is 0.974. The van der Waals surface area contributed by atoms with Crippen LogP contribution in [-0.4, -0.2) is 35.2 Å².